The second kappa shape index (κ2) is 14.6. The SMILES string of the molecule is CC(=O)OC[C@H](OC(C)=O)[C@H](OC(C)=O)[C@@H](CC[C@@H](C)[C@H]1CC[C@]2(C)[C@H]3CC[C@@H]4[C@@]5(C)CCCC(C)(C)C5CC[C@@]4(C)[C@]3(C)CC[C@@H]12)OC(C)=O. The van der Waals surface area contributed by atoms with Crippen LogP contribution in [-0.4, -0.2) is 48.8 Å². The highest BCUT2D eigenvalue weighted by molar-refractivity contribution is 5.68. The molecule has 0 bridgehead atoms. The summed E-state index contributed by atoms with van der Waals surface area (Å²) in [5.41, 5.74) is 1.92. The third-order valence-electron chi connectivity index (χ3n) is 16.5. The van der Waals surface area contributed by atoms with E-state index in [1.54, 1.807) is 0 Å². The van der Waals surface area contributed by atoms with Gasteiger partial charge in [-0.05, 0) is 140 Å². The fraction of sp³-hybridized carbons (Fsp3) is 0.907. The molecule has 8 heteroatoms. The van der Waals surface area contributed by atoms with Crippen molar-refractivity contribution in [2.75, 3.05) is 6.61 Å². The van der Waals surface area contributed by atoms with Crippen LogP contribution >= 0.6 is 0 Å². The summed E-state index contributed by atoms with van der Waals surface area (Å²) in [6.45, 7) is 23.0. The Balaban J connectivity index is 1.33. The van der Waals surface area contributed by atoms with Crippen LogP contribution in [0.4, 0.5) is 0 Å². The molecule has 0 aromatic carbocycles. The van der Waals surface area contributed by atoms with Crippen LogP contribution in [0, 0.1) is 62.6 Å². The van der Waals surface area contributed by atoms with Crippen molar-refractivity contribution in [1.82, 2.24) is 0 Å². The highest BCUT2D eigenvalue weighted by Gasteiger charge is 2.70. The molecule has 5 saturated carbocycles. The van der Waals surface area contributed by atoms with E-state index in [2.05, 4.69) is 48.5 Å². The molecule has 1 unspecified atom stereocenters. The predicted molar refractivity (Wildman–Crippen MR) is 196 cm³/mol. The van der Waals surface area contributed by atoms with Crippen molar-refractivity contribution in [3.63, 3.8) is 0 Å². The Kier molecular flexibility index (Phi) is 11.5. The van der Waals surface area contributed by atoms with Gasteiger partial charge in [0, 0.05) is 27.7 Å². The largest absolute Gasteiger partial charge is 0.462 e. The Morgan fingerprint density at radius 3 is 1.75 bits per heavy atom. The molecule has 51 heavy (non-hydrogen) atoms. The lowest BCUT2D eigenvalue weighted by molar-refractivity contribution is -0.241. The summed E-state index contributed by atoms with van der Waals surface area (Å²) in [6, 6.07) is 0. The van der Waals surface area contributed by atoms with Gasteiger partial charge in [-0.3, -0.25) is 19.2 Å². The quantitative estimate of drug-likeness (QED) is 0.154. The average Bonchev–Trinajstić information content (AvgIpc) is 3.36. The molecule has 0 heterocycles. The summed E-state index contributed by atoms with van der Waals surface area (Å²) in [5.74, 6) is 1.68. The topological polar surface area (TPSA) is 105 Å². The molecule has 13 atom stereocenters. The van der Waals surface area contributed by atoms with Gasteiger partial charge in [0.25, 0.3) is 0 Å². The number of fused-ring (bicyclic) bond motifs is 7. The molecule has 0 radical (unpaired) electrons. The molecular weight excluding hydrogens is 644 g/mol. The minimum absolute atomic E-state index is 0.305. The van der Waals surface area contributed by atoms with Crippen molar-refractivity contribution >= 4 is 23.9 Å². The van der Waals surface area contributed by atoms with E-state index >= 15 is 0 Å². The summed E-state index contributed by atoms with van der Waals surface area (Å²) in [6.07, 6.45) is 12.8. The summed E-state index contributed by atoms with van der Waals surface area (Å²) < 4.78 is 22.1. The van der Waals surface area contributed by atoms with Crippen molar-refractivity contribution < 1.29 is 38.1 Å². The first kappa shape index (κ1) is 40.1. The number of hydrogen-bond donors (Lipinski definition) is 0. The van der Waals surface area contributed by atoms with E-state index in [0.29, 0.717) is 51.2 Å². The second-order valence-corrected chi connectivity index (χ2v) is 19.5. The van der Waals surface area contributed by atoms with E-state index in [1.807, 2.05) is 0 Å². The van der Waals surface area contributed by atoms with Gasteiger partial charge >= 0.3 is 23.9 Å². The van der Waals surface area contributed by atoms with Crippen LogP contribution in [-0.2, 0) is 38.1 Å². The van der Waals surface area contributed by atoms with Crippen molar-refractivity contribution in [2.45, 2.75) is 178 Å². The maximum atomic E-state index is 12.4. The molecule has 5 aliphatic carbocycles. The monoisotopic (exact) mass is 715 g/mol. The fourth-order valence-electron chi connectivity index (χ4n) is 14.4. The molecule has 0 spiro atoms. The third-order valence-corrected chi connectivity index (χ3v) is 16.5. The van der Waals surface area contributed by atoms with Crippen LogP contribution in [0.5, 0.6) is 0 Å². The second-order valence-electron chi connectivity index (χ2n) is 19.5. The van der Waals surface area contributed by atoms with Gasteiger partial charge in [0.1, 0.15) is 12.7 Å². The molecule has 290 valence electrons. The first-order valence-corrected chi connectivity index (χ1v) is 20.3. The minimum Gasteiger partial charge on any atom is -0.462 e. The van der Waals surface area contributed by atoms with E-state index in [0.717, 1.165) is 24.2 Å². The van der Waals surface area contributed by atoms with Crippen LogP contribution in [0.3, 0.4) is 0 Å². The van der Waals surface area contributed by atoms with Gasteiger partial charge in [0.15, 0.2) is 12.2 Å². The number of rotatable bonds is 11. The molecule has 5 aliphatic rings. The van der Waals surface area contributed by atoms with Gasteiger partial charge in [0.2, 0.25) is 0 Å². The van der Waals surface area contributed by atoms with Crippen molar-refractivity contribution in [1.29, 1.82) is 0 Å². The van der Waals surface area contributed by atoms with E-state index in [-0.39, 0.29) is 6.61 Å². The molecule has 8 nitrogen and oxygen atoms in total. The van der Waals surface area contributed by atoms with Crippen molar-refractivity contribution in [3.05, 3.63) is 0 Å². The maximum Gasteiger partial charge on any atom is 0.303 e. The number of carbonyl (C=O) groups excluding carboxylic acids is 4. The van der Waals surface area contributed by atoms with Gasteiger partial charge in [0.05, 0.1) is 0 Å². The normalized spacial score (nSPS) is 40.5. The van der Waals surface area contributed by atoms with Crippen molar-refractivity contribution in [2.24, 2.45) is 62.6 Å². The molecule has 0 saturated heterocycles. The van der Waals surface area contributed by atoms with E-state index in [1.165, 1.54) is 98.3 Å². The Labute approximate surface area is 308 Å². The highest BCUT2D eigenvalue weighted by atomic mass is 16.6. The Bertz CT molecular complexity index is 1320. The Morgan fingerprint density at radius 2 is 1.16 bits per heavy atom. The predicted octanol–water partition coefficient (Wildman–Crippen LogP) is 9.25. The zero-order chi connectivity index (χ0) is 37.7. The molecule has 0 aliphatic heterocycles. The molecule has 5 rings (SSSR count). The molecule has 0 amide bonds. The molecule has 0 aromatic heterocycles. The standard InChI is InChI=1S/C43H70O8/c1-26(13-14-33(49-28(3)45)38(51-30(5)47)34(50-29(4)46)25-48-27(2)44)31-17-22-40(8)32(31)18-23-42(10)36(40)15-16-37-41(9)21-12-20-39(6,7)35(41)19-24-43(37,42)11/h26,31-38H,12-25H2,1-11H3/t26-,31-,32+,33-,34+,35?,36-,37-,38-,40+,41+,42-,43-/m1/s1. The van der Waals surface area contributed by atoms with E-state index in [9.17, 15) is 19.2 Å². The lowest BCUT2D eigenvalue weighted by Crippen LogP contribution is -2.65. The number of carbonyl (C=O) groups is 4. The van der Waals surface area contributed by atoms with E-state index < -0.39 is 42.2 Å². The van der Waals surface area contributed by atoms with Gasteiger partial charge in [-0.2, -0.15) is 0 Å². The summed E-state index contributed by atoms with van der Waals surface area (Å²) >= 11 is 0. The van der Waals surface area contributed by atoms with Crippen LogP contribution in [0.15, 0.2) is 0 Å². The number of hydrogen-bond acceptors (Lipinski definition) is 8. The zero-order valence-corrected chi connectivity index (χ0v) is 33.9. The van der Waals surface area contributed by atoms with Crippen LogP contribution in [0.2, 0.25) is 0 Å². The van der Waals surface area contributed by atoms with E-state index in [4.69, 9.17) is 18.9 Å². The third kappa shape index (κ3) is 7.25. The van der Waals surface area contributed by atoms with Crippen LogP contribution in [0.25, 0.3) is 0 Å². The first-order chi connectivity index (χ1) is 23.7. The number of ether oxygens (including phenoxy) is 4. The van der Waals surface area contributed by atoms with Gasteiger partial charge in [-0.25, -0.2) is 0 Å². The Hall–Kier alpha value is -2.12. The first-order valence-electron chi connectivity index (χ1n) is 20.3. The Morgan fingerprint density at radius 1 is 0.588 bits per heavy atom. The number of esters is 4. The minimum atomic E-state index is -1.10. The highest BCUT2D eigenvalue weighted by Crippen LogP contribution is 2.78. The fourth-order valence-corrected chi connectivity index (χ4v) is 14.4. The molecule has 0 aromatic rings. The van der Waals surface area contributed by atoms with Crippen LogP contribution in [0.1, 0.15) is 160 Å². The zero-order valence-electron chi connectivity index (χ0n) is 33.9. The smallest absolute Gasteiger partial charge is 0.303 e. The lowest BCUT2D eigenvalue weighted by atomic mass is 9.32. The molecule has 5 fully saturated rings. The lowest BCUT2D eigenvalue weighted by Gasteiger charge is -2.73. The average molecular weight is 715 g/mol. The van der Waals surface area contributed by atoms with Gasteiger partial charge in [-0.1, -0.05) is 54.9 Å². The van der Waals surface area contributed by atoms with Gasteiger partial charge in [-0.15, -0.1) is 0 Å². The molecular formula is C43H70O8. The van der Waals surface area contributed by atoms with Crippen LogP contribution < -0.4 is 0 Å². The summed E-state index contributed by atoms with van der Waals surface area (Å²) in [5, 5.41) is 0. The summed E-state index contributed by atoms with van der Waals surface area (Å²) in [4.78, 5) is 48.3. The molecule has 0 N–H and O–H groups in total. The summed E-state index contributed by atoms with van der Waals surface area (Å²) in [7, 11) is 0. The van der Waals surface area contributed by atoms with Gasteiger partial charge < -0.3 is 18.9 Å². The maximum absolute atomic E-state index is 12.4. The van der Waals surface area contributed by atoms with Crippen molar-refractivity contribution in [3.8, 4) is 0 Å².